The molecule has 0 N–H and O–H groups in total. The molecule has 1 amide bonds. The summed E-state index contributed by atoms with van der Waals surface area (Å²) in [7, 11) is 0. The van der Waals surface area contributed by atoms with Crippen molar-refractivity contribution in [3.63, 3.8) is 0 Å². The maximum atomic E-state index is 12.9. The second-order valence-electron chi connectivity index (χ2n) is 8.28. The molecule has 0 unspecified atom stereocenters. The second kappa shape index (κ2) is 8.74. The van der Waals surface area contributed by atoms with E-state index in [2.05, 4.69) is 60.2 Å². The maximum absolute atomic E-state index is 12.9. The zero-order chi connectivity index (χ0) is 21.1. The summed E-state index contributed by atoms with van der Waals surface area (Å²) in [6.07, 6.45) is 6.14. The standard InChI is InChI=1S/C25H28N4O/c1-17-7-4-5-8-21(17)12-20-11-18(2)28-23(13-20)22-9-6-10-29(16-22)25(30)24-15-26-19(3)14-27-24/h4-5,7-8,11,13-15,22H,6,9-10,12,16H2,1-3H3/t22-/m1/s1. The van der Waals surface area contributed by atoms with Crippen LogP contribution in [0.15, 0.2) is 48.8 Å². The summed E-state index contributed by atoms with van der Waals surface area (Å²) in [6, 6.07) is 12.9. The Hall–Kier alpha value is -3.08. The SMILES string of the molecule is Cc1cnc(C(=O)N2CCC[C@@H](c3cc(Cc4ccccc4C)cc(C)n3)C2)cn1. The minimum Gasteiger partial charge on any atom is -0.337 e. The molecule has 2 aromatic heterocycles. The zero-order valence-electron chi connectivity index (χ0n) is 17.9. The number of amides is 1. The molecule has 154 valence electrons. The molecule has 0 aliphatic carbocycles. The van der Waals surface area contributed by atoms with Crippen LogP contribution in [0.1, 0.15) is 63.0 Å². The quantitative estimate of drug-likeness (QED) is 0.651. The number of carbonyl (C=O) groups excluding carboxylic acids is 1. The van der Waals surface area contributed by atoms with Crippen molar-refractivity contribution in [2.75, 3.05) is 13.1 Å². The summed E-state index contributed by atoms with van der Waals surface area (Å²) >= 11 is 0. The average Bonchev–Trinajstić information content (AvgIpc) is 2.75. The number of piperidine rings is 1. The molecule has 0 spiro atoms. The Kier molecular flexibility index (Phi) is 5.88. The number of aromatic nitrogens is 3. The molecule has 5 nitrogen and oxygen atoms in total. The van der Waals surface area contributed by atoms with Crippen LogP contribution in [0.25, 0.3) is 0 Å². The third kappa shape index (κ3) is 4.56. The number of hydrogen-bond acceptors (Lipinski definition) is 4. The summed E-state index contributed by atoms with van der Waals surface area (Å²) < 4.78 is 0. The number of rotatable bonds is 4. The average molecular weight is 401 g/mol. The van der Waals surface area contributed by atoms with Gasteiger partial charge in [-0.3, -0.25) is 14.8 Å². The van der Waals surface area contributed by atoms with Crippen LogP contribution in [-0.4, -0.2) is 38.8 Å². The minimum atomic E-state index is -0.0417. The second-order valence-corrected chi connectivity index (χ2v) is 8.28. The maximum Gasteiger partial charge on any atom is 0.274 e. The van der Waals surface area contributed by atoms with Gasteiger partial charge >= 0.3 is 0 Å². The van der Waals surface area contributed by atoms with Gasteiger partial charge in [-0.25, -0.2) is 4.98 Å². The van der Waals surface area contributed by atoms with Gasteiger partial charge in [0.1, 0.15) is 5.69 Å². The fraction of sp³-hybridized carbons (Fsp3) is 0.360. The lowest BCUT2D eigenvalue weighted by Crippen LogP contribution is -2.39. The number of nitrogens with zero attached hydrogens (tertiary/aromatic N) is 4. The van der Waals surface area contributed by atoms with Crippen LogP contribution >= 0.6 is 0 Å². The molecule has 0 bridgehead atoms. The highest BCUT2D eigenvalue weighted by Crippen LogP contribution is 2.28. The number of likely N-dealkylation sites (tertiary alicyclic amines) is 1. The largest absolute Gasteiger partial charge is 0.337 e. The third-order valence-electron chi connectivity index (χ3n) is 5.82. The van der Waals surface area contributed by atoms with Crippen molar-refractivity contribution >= 4 is 5.91 Å². The van der Waals surface area contributed by atoms with Crippen molar-refractivity contribution in [1.82, 2.24) is 19.9 Å². The molecule has 1 atom stereocenters. The number of aryl methyl sites for hydroxylation is 3. The summed E-state index contributed by atoms with van der Waals surface area (Å²) in [4.78, 5) is 28.1. The molecule has 3 aromatic rings. The van der Waals surface area contributed by atoms with E-state index in [0.717, 1.165) is 42.9 Å². The van der Waals surface area contributed by atoms with Gasteiger partial charge in [0.15, 0.2) is 0 Å². The molecule has 1 aliphatic heterocycles. The first kappa shape index (κ1) is 20.2. The van der Waals surface area contributed by atoms with E-state index in [4.69, 9.17) is 4.98 Å². The van der Waals surface area contributed by atoms with Crippen LogP contribution in [0.4, 0.5) is 0 Å². The minimum absolute atomic E-state index is 0.0417. The Morgan fingerprint density at radius 2 is 1.90 bits per heavy atom. The number of hydrogen-bond donors (Lipinski definition) is 0. The lowest BCUT2D eigenvalue weighted by Gasteiger charge is -2.32. The first-order valence-corrected chi connectivity index (χ1v) is 10.6. The normalized spacial score (nSPS) is 16.5. The van der Waals surface area contributed by atoms with E-state index in [1.165, 1.54) is 16.7 Å². The first-order valence-electron chi connectivity index (χ1n) is 10.6. The molecule has 0 radical (unpaired) electrons. The highest BCUT2D eigenvalue weighted by atomic mass is 16.2. The van der Waals surface area contributed by atoms with E-state index >= 15 is 0 Å². The predicted octanol–water partition coefficient (Wildman–Crippen LogP) is 4.41. The summed E-state index contributed by atoms with van der Waals surface area (Å²) in [6.45, 7) is 7.51. The molecule has 1 fully saturated rings. The van der Waals surface area contributed by atoms with Crippen LogP contribution in [0.2, 0.25) is 0 Å². The third-order valence-corrected chi connectivity index (χ3v) is 5.82. The van der Waals surface area contributed by atoms with Gasteiger partial charge in [-0.15, -0.1) is 0 Å². The van der Waals surface area contributed by atoms with Crippen molar-refractivity contribution < 1.29 is 4.79 Å². The number of carbonyl (C=O) groups is 1. The van der Waals surface area contributed by atoms with Crippen molar-refractivity contribution in [3.8, 4) is 0 Å². The zero-order valence-corrected chi connectivity index (χ0v) is 17.9. The molecule has 3 heterocycles. The van der Waals surface area contributed by atoms with Gasteiger partial charge in [0.2, 0.25) is 0 Å². The number of pyridine rings is 1. The van der Waals surface area contributed by atoms with Gasteiger partial charge < -0.3 is 4.90 Å². The monoisotopic (exact) mass is 400 g/mol. The van der Waals surface area contributed by atoms with Gasteiger partial charge in [0.05, 0.1) is 11.9 Å². The Morgan fingerprint density at radius 3 is 2.67 bits per heavy atom. The summed E-state index contributed by atoms with van der Waals surface area (Å²) in [5.41, 5.74) is 7.27. The molecule has 1 aliphatic rings. The van der Waals surface area contributed by atoms with E-state index in [-0.39, 0.29) is 11.8 Å². The Balaban J connectivity index is 1.53. The van der Waals surface area contributed by atoms with Crippen LogP contribution in [0, 0.1) is 20.8 Å². The van der Waals surface area contributed by atoms with E-state index in [0.29, 0.717) is 12.2 Å². The smallest absolute Gasteiger partial charge is 0.274 e. The molecule has 4 rings (SSSR count). The molecular formula is C25H28N4O. The fourth-order valence-electron chi connectivity index (χ4n) is 4.18. The van der Waals surface area contributed by atoms with Crippen LogP contribution < -0.4 is 0 Å². The van der Waals surface area contributed by atoms with Crippen LogP contribution in [-0.2, 0) is 6.42 Å². The summed E-state index contributed by atoms with van der Waals surface area (Å²) in [5.74, 6) is 0.205. The molecule has 5 heteroatoms. The van der Waals surface area contributed by atoms with Gasteiger partial charge in [-0.2, -0.15) is 0 Å². The first-order chi connectivity index (χ1) is 14.5. The van der Waals surface area contributed by atoms with Crippen LogP contribution in [0.3, 0.4) is 0 Å². The molecular weight excluding hydrogens is 372 g/mol. The van der Waals surface area contributed by atoms with Crippen molar-refractivity contribution in [1.29, 1.82) is 0 Å². The van der Waals surface area contributed by atoms with Crippen molar-refractivity contribution in [2.24, 2.45) is 0 Å². The predicted molar refractivity (Wildman–Crippen MR) is 118 cm³/mol. The van der Waals surface area contributed by atoms with Crippen molar-refractivity contribution in [2.45, 2.75) is 46.0 Å². The van der Waals surface area contributed by atoms with E-state index in [1.54, 1.807) is 12.4 Å². The molecule has 30 heavy (non-hydrogen) atoms. The van der Waals surface area contributed by atoms with E-state index in [1.807, 2.05) is 11.8 Å². The van der Waals surface area contributed by atoms with Gasteiger partial charge in [-0.05, 0) is 68.9 Å². The molecule has 1 saturated heterocycles. The van der Waals surface area contributed by atoms with Crippen LogP contribution in [0.5, 0.6) is 0 Å². The molecule has 0 saturated carbocycles. The van der Waals surface area contributed by atoms with E-state index < -0.39 is 0 Å². The molecule has 1 aromatic carbocycles. The van der Waals surface area contributed by atoms with Gasteiger partial charge in [-0.1, -0.05) is 24.3 Å². The highest BCUT2D eigenvalue weighted by molar-refractivity contribution is 5.92. The van der Waals surface area contributed by atoms with Crippen molar-refractivity contribution in [3.05, 3.63) is 88.3 Å². The topological polar surface area (TPSA) is 59.0 Å². The lowest BCUT2D eigenvalue weighted by atomic mass is 9.91. The van der Waals surface area contributed by atoms with Gasteiger partial charge in [0, 0.05) is 36.6 Å². The highest BCUT2D eigenvalue weighted by Gasteiger charge is 2.27. The summed E-state index contributed by atoms with van der Waals surface area (Å²) in [5, 5.41) is 0. The lowest BCUT2D eigenvalue weighted by molar-refractivity contribution is 0.0699. The Labute approximate surface area is 178 Å². The Bertz CT molecular complexity index is 1050. The Morgan fingerprint density at radius 1 is 1.07 bits per heavy atom. The van der Waals surface area contributed by atoms with Gasteiger partial charge in [0.25, 0.3) is 5.91 Å². The fourth-order valence-corrected chi connectivity index (χ4v) is 4.18. The number of benzene rings is 1. The van der Waals surface area contributed by atoms with E-state index in [9.17, 15) is 4.79 Å².